The van der Waals surface area contributed by atoms with Crippen LogP contribution in [0.15, 0.2) is 0 Å². The monoisotopic (exact) mass is 1470 g/mol. The van der Waals surface area contributed by atoms with Gasteiger partial charge < -0.3 is 33.8 Å². The molecule has 0 aromatic carbocycles. The third-order valence-corrected chi connectivity index (χ3v) is 21.1. The van der Waals surface area contributed by atoms with E-state index in [4.69, 9.17) is 37.0 Å². The Balaban J connectivity index is 5.21. The van der Waals surface area contributed by atoms with Gasteiger partial charge in [-0.25, -0.2) is 9.13 Å². The smallest absolute Gasteiger partial charge is 0.462 e. The number of hydrogen-bond donors (Lipinski definition) is 3. The first-order chi connectivity index (χ1) is 48.3. The van der Waals surface area contributed by atoms with Crippen LogP contribution in [0.3, 0.4) is 0 Å². The number of carbonyl (C=O) groups excluding carboxylic acids is 4. The minimum atomic E-state index is -4.96. The summed E-state index contributed by atoms with van der Waals surface area (Å²) in [5.41, 5.74) is 0. The zero-order chi connectivity index (χ0) is 73.7. The average Bonchev–Trinajstić information content (AvgIpc) is 0.917. The summed E-state index contributed by atoms with van der Waals surface area (Å²) in [6.45, 7) is 12.0. The highest BCUT2D eigenvalue weighted by Gasteiger charge is 2.30. The van der Waals surface area contributed by atoms with E-state index in [1.165, 1.54) is 231 Å². The van der Waals surface area contributed by atoms with Gasteiger partial charge in [0, 0.05) is 25.7 Å². The first kappa shape index (κ1) is 98.1. The van der Waals surface area contributed by atoms with Gasteiger partial charge >= 0.3 is 39.5 Å². The molecule has 0 fully saturated rings. The van der Waals surface area contributed by atoms with Crippen molar-refractivity contribution >= 4 is 39.5 Å². The second kappa shape index (κ2) is 71.3. The number of aliphatic hydroxyl groups excluding tert-OH is 1. The van der Waals surface area contributed by atoms with Crippen LogP contribution in [0.2, 0.25) is 0 Å². The van der Waals surface area contributed by atoms with Crippen LogP contribution in [-0.2, 0) is 65.4 Å². The van der Waals surface area contributed by atoms with E-state index >= 15 is 0 Å². The minimum absolute atomic E-state index is 0.105. The van der Waals surface area contributed by atoms with E-state index in [1.807, 2.05) is 0 Å². The first-order valence-corrected chi connectivity index (χ1v) is 44.9. The zero-order valence-electron chi connectivity index (χ0n) is 65.7. The summed E-state index contributed by atoms with van der Waals surface area (Å²) in [6.07, 6.45) is 59.7. The third kappa shape index (κ3) is 73.0. The lowest BCUT2D eigenvalue weighted by Crippen LogP contribution is -2.30. The highest BCUT2D eigenvalue weighted by Crippen LogP contribution is 2.45. The molecule has 0 bridgehead atoms. The summed E-state index contributed by atoms with van der Waals surface area (Å²) in [7, 11) is -9.92. The van der Waals surface area contributed by atoms with Gasteiger partial charge in [0.1, 0.15) is 19.3 Å². The van der Waals surface area contributed by atoms with Crippen molar-refractivity contribution < 1.29 is 80.2 Å². The molecule has 0 aromatic rings. The minimum Gasteiger partial charge on any atom is -0.462 e. The molecule has 0 aliphatic rings. The third-order valence-electron chi connectivity index (χ3n) is 19.2. The number of rotatable bonds is 79. The lowest BCUT2D eigenvalue weighted by atomic mass is 9.99. The van der Waals surface area contributed by atoms with Gasteiger partial charge in [-0.2, -0.15) is 0 Å². The lowest BCUT2D eigenvalue weighted by Gasteiger charge is -2.21. The quantitative estimate of drug-likeness (QED) is 0.0222. The predicted molar refractivity (Wildman–Crippen MR) is 409 cm³/mol. The predicted octanol–water partition coefficient (Wildman–Crippen LogP) is 24.1. The maximum absolute atomic E-state index is 13.1. The van der Waals surface area contributed by atoms with Crippen LogP contribution in [-0.4, -0.2) is 96.7 Å². The molecule has 0 saturated heterocycles. The Kier molecular flexibility index (Phi) is 69.9. The van der Waals surface area contributed by atoms with E-state index in [9.17, 15) is 43.2 Å². The second-order valence-electron chi connectivity index (χ2n) is 30.4. The maximum atomic E-state index is 13.1. The number of phosphoric ester groups is 2. The maximum Gasteiger partial charge on any atom is 0.472 e. The van der Waals surface area contributed by atoms with Crippen LogP contribution in [0, 0.1) is 17.8 Å². The molecule has 0 heterocycles. The van der Waals surface area contributed by atoms with E-state index in [1.54, 1.807) is 0 Å². The molecule has 17 nitrogen and oxygen atoms in total. The first-order valence-electron chi connectivity index (χ1n) is 41.9. The Hall–Kier alpha value is -1.94. The number of phosphoric acid groups is 2. The van der Waals surface area contributed by atoms with Crippen LogP contribution in [0.1, 0.15) is 421 Å². The fourth-order valence-corrected chi connectivity index (χ4v) is 14.0. The summed E-state index contributed by atoms with van der Waals surface area (Å²) in [5, 5.41) is 10.6. The van der Waals surface area contributed by atoms with Gasteiger partial charge in [-0.3, -0.25) is 37.3 Å². The summed E-state index contributed by atoms with van der Waals surface area (Å²) in [6, 6.07) is 0. The van der Waals surface area contributed by atoms with E-state index < -0.39 is 97.5 Å². The van der Waals surface area contributed by atoms with Crippen molar-refractivity contribution in [3.05, 3.63) is 0 Å². The van der Waals surface area contributed by atoms with E-state index in [2.05, 4.69) is 48.5 Å². The van der Waals surface area contributed by atoms with Gasteiger partial charge in [0.05, 0.1) is 26.4 Å². The van der Waals surface area contributed by atoms with Crippen molar-refractivity contribution in [1.82, 2.24) is 0 Å². The molecule has 3 N–H and O–H groups in total. The molecule has 0 aliphatic heterocycles. The Bertz CT molecular complexity index is 1940. The average molecular weight is 1470 g/mol. The largest absolute Gasteiger partial charge is 0.472 e. The second-order valence-corrected chi connectivity index (χ2v) is 33.3. The van der Waals surface area contributed by atoms with Crippen LogP contribution >= 0.6 is 15.6 Å². The molecule has 19 heteroatoms. The topological polar surface area (TPSA) is 237 Å². The summed E-state index contributed by atoms with van der Waals surface area (Å²) in [4.78, 5) is 72.9. The zero-order valence-corrected chi connectivity index (χ0v) is 67.5. The molecule has 0 spiro atoms. The highest BCUT2D eigenvalue weighted by atomic mass is 31.2. The van der Waals surface area contributed by atoms with Gasteiger partial charge in [0.15, 0.2) is 12.2 Å². The molecule has 0 radical (unpaired) electrons. The summed E-state index contributed by atoms with van der Waals surface area (Å²) in [5.74, 6) is 0.294. The molecular weight excluding hydrogens is 1310 g/mol. The van der Waals surface area contributed by atoms with E-state index in [0.29, 0.717) is 25.7 Å². The summed E-state index contributed by atoms with van der Waals surface area (Å²) >= 11 is 0. The van der Waals surface area contributed by atoms with Gasteiger partial charge in [-0.15, -0.1) is 0 Å². The number of hydrogen-bond acceptors (Lipinski definition) is 15. The molecular formula is C81H158O17P2. The van der Waals surface area contributed by atoms with Crippen molar-refractivity contribution in [2.45, 2.75) is 439 Å². The molecule has 3 unspecified atom stereocenters. The van der Waals surface area contributed by atoms with Crippen LogP contribution < -0.4 is 0 Å². The normalized spacial score (nSPS) is 14.2. The van der Waals surface area contributed by atoms with Crippen molar-refractivity contribution in [1.29, 1.82) is 0 Å². The fraction of sp³-hybridized carbons (Fsp3) is 0.951. The number of aliphatic hydroxyl groups is 1. The molecule has 0 rings (SSSR count). The number of unbranched alkanes of at least 4 members (excludes halogenated alkanes) is 46. The van der Waals surface area contributed by atoms with E-state index in [-0.39, 0.29) is 25.7 Å². The lowest BCUT2D eigenvalue weighted by molar-refractivity contribution is -0.161. The van der Waals surface area contributed by atoms with Gasteiger partial charge in [-0.1, -0.05) is 370 Å². The van der Waals surface area contributed by atoms with Gasteiger partial charge in [-0.05, 0) is 43.4 Å². The van der Waals surface area contributed by atoms with Gasteiger partial charge in [0.2, 0.25) is 0 Å². The Labute approximate surface area is 613 Å². The van der Waals surface area contributed by atoms with Crippen LogP contribution in [0.5, 0.6) is 0 Å². The molecule has 0 amide bonds. The van der Waals surface area contributed by atoms with Crippen molar-refractivity contribution in [2.75, 3.05) is 39.6 Å². The standard InChI is InChI=1S/C81H158O17P2/c1-8-10-11-12-13-31-41-48-55-62-78(83)91-68-76(98-81(86)65-58-51-44-37-30-33-39-46-53-60-73(5)6)70-95-99(87,88)93-66-75(82)67-94-100(89,90)96-71-77(69-92-79(84)63-56-49-42-35-28-24-21-20-23-27-34-40-47-54-61-74(7)9-2)97-80(85)64-57-50-43-36-29-25-19-17-15-14-16-18-22-26-32-38-45-52-59-72(3)4/h72-77,82H,8-71H2,1-7H3,(H,87,88)(H,89,90)/t74?,75-,76+,77+/m0/s1. The van der Waals surface area contributed by atoms with Gasteiger partial charge in [0.25, 0.3) is 0 Å². The van der Waals surface area contributed by atoms with E-state index in [0.717, 1.165) is 108 Å². The van der Waals surface area contributed by atoms with Crippen molar-refractivity contribution in [3.63, 3.8) is 0 Å². The molecule has 0 saturated carbocycles. The highest BCUT2D eigenvalue weighted by molar-refractivity contribution is 7.47. The van der Waals surface area contributed by atoms with Crippen molar-refractivity contribution in [3.8, 4) is 0 Å². The SMILES string of the molecule is CCCCCCCCCCCC(=O)OC[C@H](COP(=O)(O)OC[C@H](O)COP(=O)(O)OC[C@@H](COC(=O)CCCCCCCCCCCCCCCCC(C)CC)OC(=O)CCCCCCCCCCCCCCCCCCCCC(C)C)OC(=O)CCCCCCCCCCCC(C)C. The number of ether oxygens (including phenoxy) is 4. The van der Waals surface area contributed by atoms with Crippen LogP contribution in [0.25, 0.3) is 0 Å². The molecule has 100 heavy (non-hydrogen) atoms. The molecule has 6 atom stereocenters. The Morgan fingerprint density at radius 3 is 0.760 bits per heavy atom. The molecule has 594 valence electrons. The molecule has 0 aromatic heterocycles. The Morgan fingerprint density at radius 2 is 0.510 bits per heavy atom. The fourth-order valence-electron chi connectivity index (χ4n) is 12.5. The number of carbonyl (C=O) groups is 4. The summed E-state index contributed by atoms with van der Waals surface area (Å²) < 4.78 is 68.6. The van der Waals surface area contributed by atoms with Crippen molar-refractivity contribution in [2.24, 2.45) is 17.8 Å². The number of esters is 4. The Morgan fingerprint density at radius 1 is 0.290 bits per heavy atom. The van der Waals surface area contributed by atoms with Crippen LogP contribution in [0.4, 0.5) is 0 Å². The molecule has 0 aliphatic carbocycles.